The summed E-state index contributed by atoms with van der Waals surface area (Å²) in [6.07, 6.45) is 2.73. The van der Waals surface area contributed by atoms with Gasteiger partial charge in [-0.3, -0.25) is 4.99 Å². The van der Waals surface area contributed by atoms with Crippen LogP contribution in [0.15, 0.2) is 35.3 Å². The molecule has 29 heavy (non-hydrogen) atoms. The van der Waals surface area contributed by atoms with Gasteiger partial charge in [-0.05, 0) is 62.9 Å². The van der Waals surface area contributed by atoms with Gasteiger partial charge in [-0.2, -0.15) is 0 Å². The average molecular weight is 396 g/mol. The van der Waals surface area contributed by atoms with Crippen molar-refractivity contribution in [3.05, 3.63) is 47.0 Å². The first-order valence-electron chi connectivity index (χ1n) is 9.78. The normalized spacial score (nSPS) is 18.0. The minimum atomic E-state index is -1.19. The van der Waals surface area contributed by atoms with Crippen LogP contribution in [0.2, 0.25) is 0 Å². The number of carboxylic acid groups (broad SMARTS) is 1. The number of anilines is 1. The quantitative estimate of drug-likeness (QED) is 0.698. The molecule has 1 aliphatic rings. The number of aromatic hydroxyl groups is 1. The topological polar surface area (TPSA) is 82.4 Å². The van der Waals surface area contributed by atoms with Gasteiger partial charge in [-0.25, -0.2) is 4.79 Å². The van der Waals surface area contributed by atoms with Gasteiger partial charge in [0.2, 0.25) is 0 Å². The summed E-state index contributed by atoms with van der Waals surface area (Å²) in [6, 6.07) is 8.44. The standard InChI is InChI=1S/C23H28N2O4/c1-6-25-19-11-21(29-5)15(9-17(19)14(2)12-23(25,3)4)13-24-16-7-8-20(26)18(10-16)22(27)28/h7-11,13-14,26H,6,12H2,1-5H3,(H,27,28). The first kappa shape index (κ1) is 20.7. The first-order valence-corrected chi connectivity index (χ1v) is 9.78. The molecule has 2 aromatic carbocycles. The maximum absolute atomic E-state index is 11.2. The Balaban J connectivity index is 2.04. The van der Waals surface area contributed by atoms with Crippen LogP contribution in [0.4, 0.5) is 11.4 Å². The maximum Gasteiger partial charge on any atom is 0.339 e. The maximum atomic E-state index is 11.2. The van der Waals surface area contributed by atoms with Gasteiger partial charge in [0, 0.05) is 35.6 Å². The number of carbonyl (C=O) groups is 1. The van der Waals surface area contributed by atoms with Crippen LogP contribution < -0.4 is 9.64 Å². The van der Waals surface area contributed by atoms with Gasteiger partial charge in [0.25, 0.3) is 0 Å². The smallest absolute Gasteiger partial charge is 0.339 e. The number of ether oxygens (including phenoxy) is 1. The SMILES string of the molecule is CCN1c2cc(OC)c(C=Nc3ccc(O)c(C(=O)O)c3)cc2C(C)CC1(C)C. The van der Waals surface area contributed by atoms with Crippen LogP contribution in [0.25, 0.3) is 0 Å². The van der Waals surface area contributed by atoms with Gasteiger partial charge in [0.15, 0.2) is 0 Å². The Morgan fingerprint density at radius 2 is 2.07 bits per heavy atom. The van der Waals surface area contributed by atoms with Crippen molar-refractivity contribution in [2.24, 2.45) is 4.99 Å². The van der Waals surface area contributed by atoms with Crippen LogP contribution in [0.5, 0.6) is 11.5 Å². The number of methoxy groups -OCH3 is 1. The number of rotatable bonds is 5. The highest BCUT2D eigenvalue weighted by molar-refractivity contribution is 5.93. The van der Waals surface area contributed by atoms with E-state index in [0.29, 0.717) is 17.4 Å². The van der Waals surface area contributed by atoms with E-state index in [1.165, 1.54) is 23.4 Å². The number of benzene rings is 2. The van der Waals surface area contributed by atoms with Crippen molar-refractivity contribution in [1.29, 1.82) is 0 Å². The number of fused-ring (bicyclic) bond motifs is 1. The third-order valence-corrected chi connectivity index (χ3v) is 5.62. The number of carboxylic acids is 1. The Labute approximate surface area is 171 Å². The summed E-state index contributed by atoms with van der Waals surface area (Å²) in [5, 5.41) is 18.8. The Kier molecular flexibility index (Phi) is 5.55. The molecule has 0 fully saturated rings. The number of aliphatic imine (C=N–C) groups is 1. The summed E-state index contributed by atoms with van der Waals surface area (Å²) in [7, 11) is 1.63. The molecule has 3 rings (SSSR count). The van der Waals surface area contributed by atoms with E-state index in [1.807, 2.05) is 0 Å². The molecule has 1 heterocycles. The van der Waals surface area contributed by atoms with Gasteiger partial charge in [0.05, 0.1) is 12.8 Å². The number of hydrogen-bond acceptors (Lipinski definition) is 5. The molecule has 6 nitrogen and oxygen atoms in total. The molecule has 1 aliphatic heterocycles. The fourth-order valence-electron chi connectivity index (χ4n) is 4.32. The summed E-state index contributed by atoms with van der Waals surface area (Å²) in [5.41, 5.74) is 3.61. The lowest BCUT2D eigenvalue weighted by atomic mass is 9.79. The average Bonchev–Trinajstić information content (AvgIpc) is 2.66. The van der Waals surface area contributed by atoms with E-state index < -0.39 is 5.97 Å². The zero-order valence-corrected chi connectivity index (χ0v) is 17.6. The fraction of sp³-hybridized carbons (Fsp3) is 0.391. The van der Waals surface area contributed by atoms with Crippen LogP contribution >= 0.6 is 0 Å². The molecule has 1 atom stereocenters. The highest BCUT2D eigenvalue weighted by Gasteiger charge is 2.36. The summed E-state index contributed by atoms with van der Waals surface area (Å²) < 4.78 is 5.63. The van der Waals surface area contributed by atoms with Crippen LogP contribution in [0.3, 0.4) is 0 Å². The van der Waals surface area contributed by atoms with Crippen LogP contribution in [-0.4, -0.2) is 41.6 Å². The molecule has 0 spiro atoms. The van der Waals surface area contributed by atoms with E-state index in [0.717, 1.165) is 18.5 Å². The molecule has 0 saturated heterocycles. The van der Waals surface area contributed by atoms with E-state index in [9.17, 15) is 15.0 Å². The summed E-state index contributed by atoms with van der Waals surface area (Å²) >= 11 is 0. The predicted molar refractivity (Wildman–Crippen MR) is 115 cm³/mol. The predicted octanol–water partition coefficient (Wildman–Crippen LogP) is 4.96. The zero-order chi connectivity index (χ0) is 21.3. The fourth-order valence-corrected chi connectivity index (χ4v) is 4.32. The summed E-state index contributed by atoms with van der Waals surface area (Å²) in [6.45, 7) is 9.84. The first-order chi connectivity index (χ1) is 13.7. The van der Waals surface area contributed by atoms with E-state index in [1.54, 1.807) is 19.4 Å². The van der Waals surface area contributed by atoms with Gasteiger partial charge >= 0.3 is 5.97 Å². The zero-order valence-electron chi connectivity index (χ0n) is 17.6. The molecule has 154 valence electrons. The summed E-state index contributed by atoms with van der Waals surface area (Å²) in [4.78, 5) is 18.0. The lowest BCUT2D eigenvalue weighted by Gasteiger charge is -2.47. The highest BCUT2D eigenvalue weighted by Crippen LogP contribution is 2.45. The van der Waals surface area contributed by atoms with Crippen molar-refractivity contribution >= 4 is 23.6 Å². The highest BCUT2D eigenvalue weighted by atomic mass is 16.5. The Morgan fingerprint density at radius 1 is 1.34 bits per heavy atom. The second-order valence-corrected chi connectivity index (χ2v) is 8.08. The Hall–Kier alpha value is -3.02. The minimum absolute atomic E-state index is 0.0705. The van der Waals surface area contributed by atoms with Gasteiger partial charge < -0.3 is 19.8 Å². The van der Waals surface area contributed by atoms with Crippen molar-refractivity contribution in [1.82, 2.24) is 0 Å². The molecule has 1 unspecified atom stereocenters. The number of hydrogen-bond donors (Lipinski definition) is 2. The van der Waals surface area contributed by atoms with Gasteiger partial charge in [-0.1, -0.05) is 6.92 Å². The molecular formula is C23H28N2O4. The number of nitrogens with zero attached hydrogens (tertiary/aromatic N) is 2. The van der Waals surface area contributed by atoms with Crippen LogP contribution in [-0.2, 0) is 0 Å². The van der Waals surface area contributed by atoms with Crippen LogP contribution in [0, 0.1) is 0 Å². The largest absolute Gasteiger partial charge is 0.507 e. The number of phenols is 1. The second kappa shape index (κ2) is 7.78. The lowest BCUT2D eigenvalue weighted by Crippen LogP contribution is -2.48. The van der Waals surface area contributed by atoms with Gasteiger partial charge in [0.1, 0.15) is 17.1 Å². The molecular weight excluding hydrogens is 368 g/mol. The van der Waals surface area contributed by atoms with Crippen LogP contribution in [0.1, 0.15) is 61.5 Å². The molecule has 0 aliphatic carbocycles. The molecule has 0 amide bonds. The molecule has 0 radical (unpaired) electrons. The second-order valence-electron chi connectivity index (χ2n) is 8.08. The van der Waals surface area contributed by atoms with E-state index >= 15 is 0 Å². The van der Waals surface area contributed by atoms with Crippen molar-refractivity contribution in [2.45, 2.75) is 45.6 Å². The van der Waals surface area contributed by atoms with E-state index in [4.69, 9.17) is 4.74 Å². The molecule has 0 aromatic heterocycles. The Bertz CT molecular complexity index is 966. The molecule has 2 N–H and O–H groups in total. The monoisotopic (exact) mass is 396 g/mol. The lowest BCUT2D eigenvalue weighted by molar-refractivity contribution is 0.0693. The molecule has 0 saturated carbocycles. The van der Waals surface area contributed by atoms with Crippen molar-refractivity contribution in [3.8, 4) is 11.5 Å². The number of aromatic carboxylic acids is 1. The van der Waals surface area contributed by atoms with E-state index in [2.05, 4.69) is 49.7 Å². The third-order valence-electron chi connectivity index (χ3n) is 5.62. The summed E-state index contributed by atoms with van der Waals surface area (Å²) in [5.74, 6) is -0.359. The van der Waals surface area contributed by atoms with Crippen molar-refractivity contribution < 1.29 is 19.7 Å². The molecule has 2 aromatic rings. The van der Waals surface area contributed by atoms with Crippen molar-refractivity contribution in [2.75, 3.05) is 18.6 Å². The minimum Gasteiger partial charge on any atom is -0.507 e. The van der Waals surface area contributed by atoms with Crippen molar-refractivity contribution in [3.63, 3.8) is 0 Å². The molecule has 6 heteroatoms. The third kappa shape index (κ3) is 3.92. The van der Waals surface area contributed by atoms with Gasteiger partial charge in [-0.15, -0.1) is 0 Å². The van der Waals surface area contributed by atoms with E-state index in [-0.39, 0.29) is 16.9 Å². The molecule has 0 bridgehead atoms. The Morgan fingerprint density at radius 3 is 2.69 bits per heavy atom.